The van der Waals surface area contributed by atoms with E-state index < -0.39 is 5.41 Å². The molecule has 3 aliphatic rings. The molecule has 0 saturated carbocycles. The summed E-state index contributed by atoms with van der Waals surface area (Å²) in [4.78, 5) is 2.45. The van der Waals surface area contributed by atoms with Gasteiger partial charge in [-0.2, -0.15) is 10.5 Å². The average Bonchev–Trinajstić information content (AvgIpc) is 3.36. The highest BCUT2D eigenvalue weighted by atomic mass is 35.5. The van der Waals surface area contributed by atoms with Gasteiger partial charge in [0.2, 0.25) is 0 Å². The van der Waals surface area contributed by atoms with Crippen LogP contribution in [0.25, 0.3) is 0 Å². The van der Waals surface area contributed by atoms with Crippen molar-refractivity contribution in [3.63, 3.8) is 0 Å². The number of alkyl halides is 1. The molecule has 5 rings (SSSR count). The number of aryl methyl sites for hydroxylation is 1. The number of nitrogens with zero attached hydrogens (tertiary/aromatic N) is 3. The van der Waals surface area contributed by atoms with Crippen LogP contribution in [0.1, 0.15) is 61.6 Å². The molecular formula is C35H46ClN3O4. The molecule has 0 spiro atoms. The van der Waals surface area contributed by atoms with Crippen molar-refractivity contribution in [3.05, 3.63) is 65.2 Å². The van der Waals surface area contributed by atoms with Crippen LogP contribution in [0.4, 0.5) is 0 Å². The molecule has 0 unspecified atom stereocenters. The van der Waals surface area contributed by atoms with Gasteiger partial charge in [-0.3, -0.25) is 0 Å². The van der Waals surface area contributed by atoms with Gasteiger partial charge in [0.25, 0.3) is 0 Å². The van der Waals surface area contributed by atoms with Crippen molar-refractivity contribution in [1.82, 2.24) is 4.90 Å². The van der Waals surface area contributed by atoms with E-state index in [0.29, 0.717) is 38.9 Å². The third-order valence-corrected chi connectivity index (χ3v) is 9.10. The Hall–Kier alpha value is -2.65. The molecule has 0 amide bonds. The molecule has 0 aromatic heterocycles. The van der Waals surface area contributed by atoms with E-state index in [9.17, 15) is 10.5 Å². The summed E-state index contributed by atoms with van der Waals surface area (Å²) in [6.45, 7) is 8.32. The summed E-state index contributed by atoms with van der Waals surface area (Å²) < 4.78 is 22.1. The maximum Gasteiger partial charge on any atom is 0.119 e. The lowest BCUT2D eigenvalue weighted by atomic mass is 9.75. The number of ether oxygens (including phenoxy) is 4. The van der Waals surface area contributed by atoms with E-state index in [1.54, 1.807) is 0 Å². The molecule has 3 saturated heterocycles. The quantitative estimate of drug-likeness (QED) is 0.235. The second-order valence-electron chi connectivity index (χ2n) is 11.6. The number of hydrogen-bond donors (Lipinski definition) is 0. The zero-order valence-electron chi connectivity index (χ0n) is 25.4. The van der Waals surface area contributed by atoms with Crippen molar-refractivity contribution in [3.8, 4) is 17.9 Å². The second-order valence-corrected chi connectivity index (χ2v) is 12.0. The van der Waals surface area contributed by atoms with E-state index in [1.807, 2.05) is 24.3 Å². The SMILES string of the molecule is N#CC1(c2ccc(CCCCl)cc2)CCOCC1.N#CC1(c2ccc(OCCCN3CCCOCC3)cc2)CCOCC1. The van der Waals surface area contributed by atoms with Gasteiger partial charge < -0.3 is 23.8 Å². The van der Waals surface area contributed by atoms with Crippen molar-refractivity contribution < 1.29 is 18.9 Å². The summed E-state index contributed by atoms with van der Waals surface area (Å²) >= 11 is 5.69. The van der Waals surface area contributed by atoms with Crippen molar-refractivity contribution in [1.29, 1.82) is 10.5 Å². The predicted octanol–water partition coefficient (Wildman–Crippen LogP) is 6.18. The Kier molecular flexibility index (Phi) is 13.6. The van der Waals surface area contributed by atoms with Crippen molar-refractivity contribution in [2.45, 2.75) is 62.2 Å². The second kappa shape index (κ2) is 17.6. The van der Waals surface area contributed by atoms with Crippen molar-refractivity contribution >= 4 is 11.6 Å². The molecule has 0 bridgehead atoms. The highest BCUT2D eigenvalue weighted by molar-refractivity contribution is 6.17. The lowest BCUT2D eigenvalue weighted by molar-refractivity contribution is 0.0674. The van der Waals surface area contributed by atoms with Crippen LogP contribution in [-0.2, 0) is 31.5 Å². The van der Waals surface area contributed by atoms with E-state index in [1.165, 1.54) is 5.56 Å². The molecule has 0 aliphatic carbocycles. The predicted molar refractivity (Wildman–Crippen MR) is 169 cm³/mol. The molecular weight excluding hydrogens is 562 g/mol. The molecule has 0 radical (unpaired) electrons. The van der Waals surface area contributed by atoms with Gasteiger partial charge in [-0.25, -0.2) is 0 Å². The number of benzene rings is 2. The summed E-state index contributed by atoms with van der Waals surface area (Å²) in [5.41, 5.74) is 2.76. The van der Waals surface area contributed by atoms with E-state index in [-0.39, 0.29) is 5.41 Å². The third-order valence-electron chi connectivity index (χ3n) is 8.84. The highest BCUT2D eigenvalue weighted by Gasteiger charge is 2.35. The summed E-state index contributed by atoms with van der Waals surface area (Å²) in [5, 5.41) is 19.1. The Bertz CT molecular complexity index is 1160. The molecule has 3 fully saturated rings. The van der Waals surface area contributed by atoms with Crippen LogP contribution in [-0.4, -0.2) is 76.7 Å². The van der Waals surface area contributed by atoms with Gasteiger partial charge in [0.15, 0.2) is 0 Å². The molecule has 7 nitrogen and oxygen atoms in total. The molecule has 0 N–H and O–H groups in total. The van der Waals surface area contributed by atoms with Gasteiger partial charge >= 0.3 is 0 Å². The Morgan fingerprint density at radius 2 is 1.28 bits per heavy atom. The molecule has 0 atom stereocenters. The Labute approximate surface area is 262 Å². The first-order valence-electron chi connectivity index (χ1n) is 15.8. The molecule has 3 aliphatic heterocycles. The monoisotopic (exact) mass is 607 g/mol. The molecule has 232 valence electrons. The van der Waals surface area contributed by atoms with Gasteiger partial charge in [0.1, 0.15) is 5.75 Å². The average molecular weight is 608 g/mol. The normalized spacial score (nSPS) is 20.0. The van der Waals surface area contributed by atoms with E-state index >= 15 is 0 Å². The molecule has 3 heterocycles. The zero-order valence-corrected chi connectivity index (χ0v) is 26.2. The minimum atomic E-state index is -0.397. The van der Waals surface area contributed by atoms with Gasteiger partial charge in [-0.1, -0.05) is 36.4 Å². The number of halogens is 1. The lowest BCUT2D eigenvalue weighted by Gasteiger charge is -2.31. The number of nitriles is 2. The van der Waals surface area contributed by atoms with Crippen molar-refractivity contribution in [2.75, 3.05) is 71.8 Å². The zero-order chi connectivity index (χ0) is 30.2. The fraction of sp³-hybridized carbons (Fsp3) is 0.600. The fourth-order valence-corrected chi connectivity index (χ4v) is 6.13. The van der Waals surface area contributed by atoms with Gasteiger partial charge in [-0.05, 0) is 80.2 Å². The molecule has 2 aromatic carbocycles. The van der Waals surface area contributed by atoms with Crippen LogP contribution in [0, 0.1) is 22.7 Å². The first kappa shape index (κ1) is 33.2. The topological polar surface area (TPSA) is 87.7 Å². The summed E-state index contributed by atoms with van der Waals surface area (Å²) in [6, 6.07) is 21.5. The van der Waals surface area contributed by atoms with Crippen LogP contribution in [0.15, 0.2) is 48.5 Å². The molecule has 43 heavy (non-hydrogen) atoms. The summed E-state index contributed by atoms with van der Waals surface area (Å²) in [6.07, 6.45) is 7.27. The fourth-order valence-electron chi connectivity index (χ4n) is 6.00. The first-order chi connectivity index (χ1) is 21.1. The first-order valence-corrected chi connectivity index (χ1v) is 16.3. The van der Waals surface area contributed by atoms with E-state index in [0.717, 1.165) is 101 Å². The maximum atomic E-state index is 9.63. The Morgan fingerprint density at radius 1 is 0.721 bits per heavy atom. The number of hydrogen-bond acceptors (Lipinski definition) is 7. The van der Waals surface area contributed by atoms with Crippen LogP contribution in [0.2, 0.25) is 0 Å². The van der Waals surface area contributed by atoms with Crippen LogP contribution in [0.5, 0.6) is 5.75 Å². The molecule has 2 aromatic rings. The minimum Gasteiger partial charge on any atom is -0.494 e. The standard InChI is InChI=1S/C20H28N2O3.C15H18ClNO/c21-17-20(7-14-24-15-8-20)18-3-5-19(6-4-18)25-13-2-10-22-9-1-12-23-16-11-22;16-9-1-2-13-3-5-14(6-4-13)15(12-17)7-10-18-11-8-15/h3-6H,1-2,7-16H2;3-6H,1-2,7-11H2. The van der Waals surface area contributed by atoms with Crippen LogP contribution in [0.3, 0.4) is 0 Å². The third kappa shape index (κ3) is 9.67. The minimum absolute atomic E-state index is 0.344. The summed E-state index contributed by atoms with van der Waals surface area (Å²) in [5.74, 6) is 1.57. The van der Waals surface area contributed by atoms with Crippen LogP contribution < -0.4 is 4.74 Å². The van der Waals surface area contributed by atoms with Gasteiger partial charge in [0.05, 0.1) is 36.2 Å². The highest BCUT2D eigenvalue weighted by Crippen LogP contribution is 2.35. The van der Waals surface area contributed by atoms with Gasteiger partial charge in [0, 0.05) is 58.5 Å². The lowest BCUT2D eigenvalue weighted by Crippen LogP contribution is -2.32. The smallest absolute Gasteiger partial charge is 0.119 e. The van der Waals surface area contributed by atoms with Crippen LogP contribution >= 0.6 is 11.6 Å². The number of rotatable bonds is 10. The maximum absolute atomic E-state index is 9.63. The van der Waals surface area contributed by atoms with Gasteiger partial charge in [-0.15, -0.1) is 11.6 Å². The summed E-state index contributed by atoms with van der Waals surface area (Å²) in [7, 11) is 0. The van der Waals surface area contributed by atoms with E-state index in [2.05, 4.69) is 41.3 Å². The Balaban J connectivity index is 0.000000208. The molecule has 8 heteroatoms. The van der Waals surface area contributed by atoms with Crippen molar-refractivity contribution in [2.24, 2.45) is 0 Å². The Morgan fingerprint density at radius 3 is 1.84 bits per heavy atom. The van der Waals surface area contributed by atoms with E-state index in [4.69, 9.17) is 30.5 Å². The largest absolute Gasteiger partial charge is 0.494 e.